The van der Waals surface area contributed by atoms with Crippen LogP contribution in [0.5, 0.6) is 5.75 Å². The van der Waals surface area contributed by atoms with Crippen molar-refractivity contribution in [1.82, 2.24) is 4.98 Å². The molecule has 3 aromatic rings. The molecule has 2 N–H and O–H groups in total. The van der Waals surface area contributed by atoms with Gasteiger partial charge in [0.2, 0.25) is 5.89 Å². The minimum absolute atomic E-state index is 0.138. The average Bonchev–Trinajstić information content (AvgIpc) is 2.89. The Morgan fingerprint density at radius 1 is 1.18 bits per heavy atom. The van der Waals surface area contributed by atoms with Crippen LogP contribution in [-0.4, -0.2) is 17.5 Å². The van der Waals surface area contributed by atoms with Crippen LogP contribution < -0.4 is 10.5 Å². The van der Waals surface area contributed by atoms with Gasteiger partial charge in [-0.05, 0) is 61.4 Å². The van der Waals surface area contributed by atoms with Crippen LogP contribution in [0, 0.1) is 13.8 Å². The lowest BCUT2D eigenvalue weighted by Crippen LogP contribution is -2.19. The molecule has 0 aliphatic heterocycles. The summed E-state index contributed by atoms with van der Waals surface area (Å²) in [5.41, 5.74) is 9.85. The number of fused-ring (bicyclic) bond motifs is 1. The zero-order valence-electron chi connectivity index (χ0n) is 12.4. The zero-order valence-corrected chi connectivity index (χ0v) is 12.4. The molecule has 1 amide bonds. The van der Waals surface area contributed by atoms with Crippen molar-refractivity contribution in [3.8, 4) is 17.2 Å². The average molecular weight is 296 g/mol. The molecular weight excluding hydrogens is 280 g/mol. The van der Waals surface area contributed by atoms with Gasteiger partial charge in [0.05, 0.1) is 0 Å². The van der Waals surface area contributed by atoms with Gasteiger partial charge in [0.1, 0.15) is 11.3 Å². The third-order valence-corrected chi connectivity index (χ3v) is 3.49. The molecule has 1 heterocycles. The monoisotopic (exact) mass is 296 g/mol. The Bertz CT molecular complexity index is 796. The SMILES string of the molecule is Cc1cc2nc(-c3ccc(OCC(N)=O)cc3)oc2cc1C. The Morgan fingerprint density at radius 3 is 2.55 bits per heavy atom. The highest BCUT2D eigenvalue weighted by atomic mass is 16.5. The smallest absolute Gasteiger partial charge is 0.255 e. The Kier molecular flexibility index (Phi) is 3.55. The Balaban J connectivity index is 1.89. The van der Waals surface area contributed by atoms with E-state index in [0.29, 0.717) is 11.6 Å². The first-order valence-electron chi connectivity index (χ1n) is 6.92. The van der Waals surface area contributed by atoms with Gasteiger partial charge in [0, 0.05) is 5.56 Å². The molecule has 0 aliphatic carbocycles. The predicted molar refractivity (Wildman–Crippen MR) is 83.6 cm³/mol. The number of carbonyl (C=O) groups excluding carboxylic acids is 1. The number of rotatable bonds is 4. The number of carbonyl (C=O) groups is 1. The molecule has 0 spiro atoms. The molecule has 0 fully saturated rings. The van der Waals surface area contributed by atoms with Crippen LogP contribution in [0.4, 0.5) is 0 Å². The first-order chi connectivity index (χ1) is 10.5. The fourth-order valence-corrected chi connectivity index (χ4v) is 2.15. The number of hydrogen-bond donors (Lipinski definition) is 1. The topological polar surface area (TPSA) is 78.4 Å². The number of primary amides is 1. The van der Waals surface area contributed by atoms with Gasteiger partial charge in [0.15, 0.2) is 12.2 Å². The molecule has 0 aliphatic rings. The van der Waals surface area contributed by atoms with E-state index in [0.717, 1.165) is 16.7 Å². The molecule has 22 heavy (non-hydrogen) atoms. The van der Waals surface area contributed by atoms with Crippen LogP contribution in [0.3, 0.4) is 0 Å². The summed E-state index contributed by atoms with van der Waals surface area (Å²) >= 11 is 0. The lowest BCUT2D eigenvalue weighted by molar-refractivity contribution is -0.119. The zero-order chi connectivity index (χ0) is 15.7. The number of amides is 1. The summed E-state index contributed by atoms with van der Waals surface area (Å²) in [6.45, 7) is 3.95. The lowest BCUT2D eigenvalue weighted by atomic mass is 10.1. The molecule has 0 bridgehead atoms. The molecule has 0 saturated heterocycles. The Morgan fingerprint density at radius 2 is 1.86 bits per heavy atom. The van der Waals surface area contributed by atoms with Crippen LogP contribution in [0.2, 0.25) is 0 Å². The summed E-state index contributed by atoms with van der Waals surface area (Å²) in [5, 5.41) is 0. The highest BCUT2D eigenvalue weighted by molar-refractivity contribution is 5.78. The van der Waals surface area contributed by atoms with Gasteiger partial charge in [-0.15, -0.1) is 0 Å². The molecule has 2 aromatic carbocycles. The predicted octanol–water partition coefficient (Wildman–Crippen LogP) is 2.98. The highest BCUT2D eigenvalue weighted by Gasteiger charge is 2.10. The minimum atomic E-state index is -0.506. The first kappa shape index (κ1) is 14.1. The number of ether oxygens (including phenoxy) is 1. The molecule has 0 atom stereocenters. The maximum absolute atomic E-state index is 10.7. The van der Waals surface area contributed by atoms with Gasteiger partial charge in [-0.3, -0.25) is 4.79 Å². The van der Waals surface area contributed by atoms with Gasteiger partial charge in [0.25, 0.3) is 5.91 Å². The third kappa shape index (κ3) is 2.79. The number of nitrogens with two attached hydrogens (primary N) is 1. The van der Waals surface area contributed by atoms with Gasteiger partial charge in [-0.25, -0.2) is 4.98 Å². The summed E-state index contributed by atoms with van der Waals surface area (Å²) in [6, 6.07) is 11.2. The second-order valence-corrected chi connectivity index (χ2v) is 5.20. The van der Waals surface area contributed by atoms with E-state index in [1.807, 2.05) is 38.1 Å². The first-order valence-corrected chi connectivity index (χ1v) is 6.92. The number of hydrogen-bond acceptors (Lipinski definition) is 4. The quantitative estimate of drug-likeness (QED) is 0.802. The standard InChI is InChI=1S/C17H16N2O3/c1-10-7-14-15(8-11(10)2)22-17(19-14)12-3-5-13(6-4-12)21-9-16(18)20/h3-8H,9H2,1-2H3,(H2,18,20). The van der Waals surface area contributed by atoms with E-state index in [1.165, 1.54) is 11.1 Å². The van der Waals surface area contributed by atoms with E-state index in [-0.39, 0.29) is 6.61 Å². The van der Waals surface area contributed by atoms with E-state index in [4.69, 9.17) is 14.9 Å². The van der Waals surface area contributed by atoms with Gasteiger partial charge in [-0.2, -0.15) is 0 Å². The third-order valence-electron chi connectivity index (χ3n) is 3.49. The highest BCUT2D eigenvalue weighted by Crippen LogP contribution is 2.27. The Labute approximate surface area is 127 Å². The van der Waals surface area contributed by atoms with E-state index in [2.05, 4.69) is 4.98 Å². The van der Waals surface area contributed by atoms with Crippen LogP contribution in [0.15, 0.2) is 40.8 Å². The van der Waals surface area contributed by atoms with Crippen molar-refractivity contribution < 1.29 is 13.9 Å². The summed E-state index contributed by atoms with van der Waals surface area (Å²) < 4.78 is 11.0. The second kappa shape index (κ2) is 5.52. The fraction of sp³-hybridized carbons (Fsp3) is 0.176. The molecule has 112 valence electrons. The number of oxazole rings is 1. The number of nitrogens with zero attached hydrogens (tertiary/aromatic N) is 1. The van der Waals surface area contributed by atoms with E-state index in [9.17, 15) is 4.79 Å². The number of aromatic nitrogens is 1. The minimum Gasteiger partial charge on any atom is -0.484 e. The molecule has 5 nitrogen and oxygen atoms in total. The fourth-order valence-electron chi connectivity index (χ4n) is 2.15. The largest absolute Gasteiger partial charge is 0.484 e. The van der Waals surface area contributed by atoms with Crippen LogP contribution in [0.25, 0.3) is 22.6 Å². The summed E-state index contributed by atoms with van der Waals surface area (Å²) in [7, 11) is 0. The number of benzene rings is 2. The summed E-state index contributed by atoms with van der Waals surface area (Å²) in [4.78, 5) is 15.2. The van der Waals surface area contributed by atoms with Crippen LogP contribution in [-0.2, 0) is 4.79 Å². The maximum Gasteiger partial charge on any atom is 0.255 e. The van der Waals surface area contributed by atoms with Gasteiger partial charge < -0.3 is 14.9 Å². The summed E-state index contributed by atoms with van der Waals surface area (Å²) in [5.74, 6) is 0.626. The number of aryl methyl sites for hydroxylation is 2. The van der Waals surface area contributed by atoms with Gasteiger partial charge in [-0.1, -0.05) is 0 Å². The normalized spacial score (nSPS) is 10.8. The molecular formula is C17H16N2O3. The molecule has 0 radical (unpaired) electrons. The molecule has 0 saturated carbocycles. The van der Waals surface area contributed by atoms with Crippen molar-refractivity contribution >= 4 is 17.0 Å². The van der Waals surface area contributed by atoms with Crippen LogP contribution >= 0.6 is 0 Å². The summed E-state index contributed by atoms with van der Waals surface area (Å²) in [6.07, 6.45) is 0. The molecule has 5 heteroatoms. The lowest BCUT2D eigenvalue weighted by Gasteiger charge is -2.03. The van der Waals surface area contributed by atoms with Crippen molar-refractivity contribution in [1.29, 1.82) is 0 Å². The van der Waals surface area contributed by atoms with Crippen molar-refractivity contribution in [2.24, 2.45) is 5.73 Å². The Hall–Kier alpha value is -2.82. The van der Waals surface area contributed by atoms with E-state index < -0.39 is 5.91 Å². The van der Waals surface area contributed by atoms with Crippen molar-refractivity contribution in [3.63, 3.8) is 0 Å². The second-order valence-electron chi connectivity index (χ2n) is 5.20. The van der Waals surface area contributed by atoms with Crippen molar-refractivity contribution in [2.45, 2.75) is 13.8 Å². The molecule has 1 aromatic heterocycles. The molecule has 3 rings (SSSR count). The van der Waals surface area contributed by atoms with E-state index in [1.54, 1.807) is 12.1 Å². The maximum atomic E-state index is 10.7. The van der Waals surface area contributed by atoms with Crippen molar-refractivity contribution in [3.05, 3.63) is 47.5 Å². The van der Waals surface area contributed by atoms with E-state index >= 15 is 0 Å². The van der Waals surface area contributed by atoms with Crippen LogP contribution in [0.1, 0.15) is 11.1 Å². The molecule has 0 unspecified atom stereocenters. The van der Waals surface area contributed by atoms with Crippen molar-refractivity contribution in [2.75, 3.05) is 6.61 Å². The van der Waals surface area contributed by atoms with Gasteiger partial charge >= 0.3 is 0 Å².